The second-order valence-corrected chi connectivity index (χ2v) is 7.89. The Bertz CT molecular complexity index is 961. The summed E-state index contributed by atoms with van der Waals surface area (Å²) in [5, 5.41) is 0. The fourth-order valence-electron chi connectivity index (χ4n) is 4.45. The Balaban J connectivity index is 1.50. The van der Waals surface area contributed by atoms with Crippen molar-refractivity contribution < 1.29 is 14.3 Å². The lowest BCUT2D eigenvalue weighted by atomic mass is 9.71. The number of nitrogens with zero attached hydrogens (tertiary/aromatic N) is 1. The molecule has 2 aromatic rings. The summed E-state index contributed by atoms with van der Waals surface area (Å²) in [6.07, 6.45) is 10.3. The quantitative estimate of drug-likeness (QED) is 0.431. The maximum atomic E-state index is 13.3. The van der Waals surface area contributed by atoms with Crippen LogP contribution in [0.2, 0.25) is 0 Å². The molecule has 1 fully saturated rings. The van der Waals surface area contributed by atoms with Crippen LogP contribution in [0.3, 0.4) is 0 Å². The van der Waals surface area contributed by atoms with Crippen molar-refractivity contribution in [2.24, 2.45) is 17.8 Å². The number of ether oxygens (including phenoxy) is 1. The molecule has 152 valence electrons. The van der Waals surface area contributed by atoms with Crippen molar-refractivity contribution in [3.8, 4) is 12.3 Å². The molecule has 4 nitrogen and oxygen atoms in total. The number of rotatable bonds is 5. The number of amides is 1. The number of piperidine rings is 1. The lowest BCUT2D eigenvalue weighted by molar-refractivity contribution is -0.161. The predicted molar refractivity (Wildman–Crippen MR) is 115 cm³/mol. The molecular formula is C26H25NO3. The number of fused-ring (bicyclic) bond motifs is 1. The molecular weight excluding hydrogens is 374 g/mol. The zero-order chi connectivity index (χ0) is 20.9. The zero-order valence-electron chi connectivity index (χ0n) is 16.8. The summed E-state index contributed by atoms with van der Waals surface area (Å²) in [5.41, 5.74) is 1.85. The Morgan fingerprint density at radius 2 is 1.83 bits per heavy atom. The predicted octanol–water partition coefficient (Wildman–Crippen LogP) is 4.15. The fourth-order valence-corrected chi connectivity index (χ4v) is 4.45. The van der Waals surface area contributed by atoms with Gasteiger partial charge in [-0.25, -0.2) is 0 Å². The molecule has 1 aliphatic carbocycles. The summed E-state index contributed by atoms with van der Waals surface area (Å²) in [7, 11) is 0. The summed E-state index contributed by atoms with van der Waals surface area (Å²) in [6.45, 7) is 1.25. The number of benzene rings is 2. The Hall–Kier alpha value is -3.32. The monoisotopic (exact) mass is 399 g/mol. The van der Waals surface area contributed by atoms with E-state index in [9.17, 15) is 9.59 Å². The Morgan fingerprint density at radius 1 is 1.13 bits per heavy atom. The third-order valence-electron chi connectivity index (χ3n) is 6.00. The van der Waals surface area contributed by atoms with Gasteiger partial charge < -0.3 is 9.64 Å². The third kappa shape index (κ3) is 4.16. The van der Waals surface area contributed by atoms with Gasteiger partial charge in [0.05, 0.1) is 11.8 Å². The molecule has 4 heteroatoms. The Kier molecular flexibility index (Phi) is 5.99. The van der Waals surface area contributed by atoms with Crippen molar-refractivity contribution in [1.82, 2.24) is 4.90 Å². The summed E-state index contributed by atoms with van der Waals surface area (Å²) >= 11 is 0. The summed E-state index contributed by atoms with van der Waals surface area (Å²) < 4.78 is 5.70. The van der Waals surface area contributed by atoms with Crippen LogP contribution in [0.5, 0.6) is 0 Å². The van der Waals surface area contributed by atoms with E-state index in [0.717, 1.165) is 17.5 Å². The first-order valence-corrected chi connectivity index (χ1v) is 10.4. The largest absolute Gasteiger partial charge is 0.444 e. The number of likely N-dealkylation sites (tertiary alicyclic amines) is 1. The highest BCUT2D eigenvalue weighted by molar-refractivity contribution is 5.87. The van der Waals surface area contributed by atoms with Crippen LogP contribution in [-0.4, -0.2) is 23.3 Å². The zero-order valence-corrected chi connectivity index (χ0v) is 16.8. The summed E-state index contributed by atoms with van der Waals surface area (Å²) in [6, 6.07) is 19.2. The van der Waals surface area contributed by atoms with E-state index in [2.05, 4.69) is 12.0 Å². The molecule has 0 N–H and O–H groups in total. The number of terminal acetylenes is 1. The van der Waals surface area contributed by atoms with Crippen LogP contribution >= 0.6 is 0 Å². The molecule has 2 aromatic carbocycles. The standard InChI is InChI=1S/C26H25NO3/c1-2-23(20-12-7-4-8-13-20)30-26(29)22-15-9-14-21-16-17-27(25(28)24(21)22)18-19-10-5-3-6-11-19/h1,3-14,21-24H,15-18H2/t21-,22?,23+,24+/m0/s1. The molecule has 0 spiro atoms. The first-order chi connectivity index (χ1) is 14.7. The average Bonchev–Trinajstić information content (AvgIpc) is 2.80. The third-order valence-corrected chi connectivity index (χ3v) is 6.00. The molecule has 2 aliphatic rings. The molecule has 1 aliphatic heterocycles. The molecule has 0 saturated carbocycles. The maximum Gasteiger partial charge on any atom is 0.311 e. The fraction of sp³-hybridized carbons (Fsp3) is 0.308. The van der Waals surface area contributed by atoms with E-state index < -0.39 is 23.9 Å². The number of hydrogen-bond donors (Lipinski definition) is 0. The van der Waals surface area contributed by atoms with Crippen LogP contribution in [0, 0.1) is 30.1 Å². The number of hydrogen-bond acceptors (Lipinski definition) is 3. The van der Waals surface area contributed by atoms with Crippen molar-refractivity contribution in [2.45, 2.75) is 25.5 Å². The van der Waals surface area contributed by atoms with Gasteiger partial charge in [0.2, 0.25) is 5.91 Å². The van der Waals surface area contributed by atoms with E-state index >= 15 is 0 Å². The van der Waals surface area contributed by atoms with E-state index in [0.29, 0.717) is 19.5 Å². The molecule has 0 radical (unpaired) electrons. The number of esters is 1. The highest BCUT2D eigenvalue weighted by atomic mass is 16.5. The number of carbonyl (C=O) groups excluding carboxylic acids is 2. The molecule has 1 saturated heterocycles. The van der Waals surface area contributed by atoms with Gasteiger partial charge in [0.15, 0.2) is 6.10 Å². The SMILES string of the molecule is C#C[C@@H](OC(=O)C1CC=C[C@H]2CCN(Cc3ccccc3)C(=O)[C@@H]12)c1ccccc1. The van der Waals surface area contributed by atoms with Gasteiger partial charge >= 0.3 is 5.97 Å². The molecule has 0 bridgehead atoms. The van der Waals surface area contributed by atoms with Gasteiger partial charge in [0, 0.05) is 18.7 Å². The van der Waals surface area contributed by atoms with Crippen LogP contribution in [0.15, 0.2) is 72.8 Å². The van der Waals surface area contributed by atoms with Crippen LogP contribution in [-0.2, 0) is 20.9 Å². The van der Waals surface area contributed by atoms with Gasteiger partial charge in [-0.1, -0.05) is 78.7 Å². The van der Waals surface area contributed by atoms with E-state index in [1.54, 1.807) is 0 Å². The first kappa shape index (κ1) is 20.0. The minimum Gasteiger partial charge on any atom is -0.444 e. The van der Waals surface area contributed by atoms with Crippen molar-refractivity contribution in [1.29, 1.82) is 0 Å². The van der Waals surface area contributed by atoms with Gasteiger partial charge in [-0.3, -0.25) is 9.59 Å². The van der Waals surface area contributed by atoms with Gasteiger partial charge in [0.1, 0.15) is 0 Å². The Labute approximate surface area is 177 Å². The van der Waals surface area contributed by atoms with Gasteiger partial charge in [-0.2, -0.15) is 0 Å². The average molecular weight is 399 g/mol. The highest BCUT2D eigenvalue weighted by Gasteiger charge is 2.45. The van der Waals surface area contributed by atoms with E-state index in [-0.39, 0.29) is 11.8 Å². The van der Waals surface area contributed by atoms with Crippen molar-refractivity contribution in [3.05, 3.63) is 83.9 Å². The van der Waals surface area contributed by atoms with Crippen molar-refractivity contribution >= 4 is 11.9 Å². The maximum absolute atomic E-state index is 13.3. The van der Waals surface area contributed by atoms with Crippen LogP contribution in [0.25, 0.3) is 0 Å². The number of carbonyl (C=O) groups is 2. The van der Waals surface area contributed by atoms with E-state index in [1.807, 2.05) is 71.6 Å². The minimum atomic E-state index is -0.748. The van der Waals surface area contributed by atoms with Crippen molar-refractivity contribution in [2.75, 3.05) is 6.54 Å². The molecule has 4 atom stereocenters. The lowest BCUT2D eigenvalue weighted by Gasteiger charge is -2.41. The topological polar surface area (TPSA) is 46.6 Å². The Morgan fingerprint density at radius 3 is 2.53 bits per heavy atom. The molecule has 4 rings (SSSR count). The minimum absolute atomic E-state index is 0.0263. The van der Waals surface area contributed by atoms with E-state index in [4.69, 9.17) is 11.2 Å². The van der Waals surface area contributed by atoms with Crippen LogP contribution in [0.4, 0.5) is 0 Å². The van der Waals surface area contributed by atoms with E-state index in [1.165, 1.54) is 0 Å². The summed E-state index contributed by atoms with van der Waals surface area (Å²) in [4.78, 5) is 28.3. The number of allylic oxidation sites excluding steroid dienone is 2. The lowest BCUT2D eigenvalue weighted by Crippen LogP contribution is -2.50. The summed E-state index contributed by atoms with van der Waals surface area (Å²) in [5.74, 6) is 1.35. The molecule has 1 unspecified atom stereocenters. The second kappa shape index (κ2) is 9.00. The molecule has 30 heavy (non-hydrogen) atoms. The highest BCUT2D eigenvalue weighted by Crippen LogP contribution is 2.39. The second-order valence-electron chi connectivity index (χ2n) is 7.89. The molecule has 1 amide bonds. The van der Waals surface area contributed by atoms with Gasteiger partial charge in [-0.05, 0) is 24.3 Å². The molecule has 1 heterocycles. The normalized spacial score (nSPS) is 23.9. The van der Waals surface area contributed by atoms with Crippen molar-refractivity contribution in [3.63, 3.8) is 0 Å². The van der Waals surface area contributed by atoms with Gasteiger partial charge in [-0.15, -0.1) is 6.42 Å². The van der Waals surface area contributed by atoms with Crippen LogP contribution < -0.4 is 0 Å². The molecule has 0 aromatic heterocycles. The van der Waals surface area contributed by atoms with Crippen LogP contribution in [0.1, 0.15) is 30.1 Å². The smallest absolute Gasteiger partial charge is 0.311 e. The van der Waals surface area contributed by atoms with Gasteiger partial charge in [0.25, 0.3) is 0 Å². The first-order valence-electron chi connectivity index (χ1n) is 10.4.